The monoisotopic (exact) mass is 324 g/mol. The Kier molecular flexibility index (Phi) is 11.3. The first kappa shape index (κ1) is 17.8. The Morgan fingerprint density at radius 1 is 0.706 bits per heavy atom. The molecule has 0 heterocycles. The highest BCUT2D eigenvalue weighted by molar-refractivity contribution is 7.52. The van der Waals surface area contributed by atoms with Gasteiger partial charge >= 0.3 is 0 Å². The van der Waals surface area contributed by atoms with E-state index < -0.39 is 32.1 Å². The average molecular weight is 324 g/mol. The van der Waals surface area contributed by atoms with Crippen molar-refractivity contribution in [3.8, 4) is 0 Å². The molecule has 0 saturated carbocycles. The number of hydrogen-bond donors (Lipinski definition) is 0. The van der Waals surface area contributed by atoms with E-state index in [-0.39, 0.29) is 0 Å². The highest BCUT2D eigenvalue weighted by Crippen LogP contribution is 2.37. The molecule has 0 N–H and O–H groups in total. The van der Waals surface area contributed by atoms with Crippen LogP contribution in [0, 0.1) is 0 Å². The summed E-state index contributed by atoms with van der Waals surface area (Å²) in [7, 11) is -8.57. The van der Waals surface area contributed by atoms with Crippen LogP contribution in [-0.2, 0) is 26.9 Å². The lowest BCUT2D eigenvalue weighted by atomic mass is 10.3. The quantitative estimate of drug-likeness (QED) is 0.452. The van der Waals surface area contributed by atoms with Crippen molar-refractivity contribution in [2.24, 2.45) is 0 Å². The highest BCUT2D eigenvalue weighted by Gasteiger charge is 2.04. The van der Waals surface area contributed by atoms with Gasteiger partial charge in [-0.3, -0.25) is 26.9 Å². The van der Waals surface area contributed by atoms with Crippen LogP contribution in [-0.4, -0.2) is 25.7 Å². The van der Waals surface area contributed by atoms with Gasteiger partial charge in [-0.2, -0.15) is 0 Å². The van der Waals surface area contributed by atoms with Crippen molar-refractivity contribution in [2.75, 3.05) is 25.7 Å². The fourth-order valence-corrected chi connectivity index (χ4v) is 5.60. The van der Waals surface area contributed by atoms with Crippen molar-refractivity contribution < 1.29 is 26.9 Å². The maximum atomic E-state index is 11.2. The van der Waals surface area contributed by atoms with Gasteiger partial charge in [0, 0.05) is 25.7 Å². The lowest BCUT2D eigenvalue weighted by molar-refractivity contribution is 0.489. The molecule has 10 heteroatoms. The summed E-state index contributed by atoms with van der Waals surface area (Å²) in [5.74, 6) is 0. The van der Waals surface area contributed by atoms with Gasteiger partial charge in [-0.15, -0.1) is 0 Å². The molecule has 0 aromatic heterocycles. The summed E-state index contributed by atoms with van der Waals surface area (Å²) in [5.41, 5.74) is 0. The predicted octanol–water partition coefficient (Wildman–Crippen LogP) is 3.35. The van der Waals surface area contributed by atoms with Gasteiger partial charge in [-0.25, -0.2) is 0 Å². The fourth-order valence-electron chi connectivity index (χ4n) is 1.14. The summed E-state index contributed by atoms with van der Waals surface area (Å²) < 4.78 is 53.0. The minimum Gasteiger partial charge on any atom is -0.296 e. The van der Waals surface area contributed by atoms with E-state index in [9.17, 15) is 18.3 Å². The Bertz CT molecular complexity index is 287. The topological polar surface area (TPSA) is 86.7 Å². The number of unbranched alkanes of at least 4 members (excludes halogenated alkanes) is 2. The maximum absolute atomic E-state index is 11.2. The number of hydrogen-bond acceptors (Lipinski definition) is 6. The van der Waals surface area contributed by atoms with Crippen molar-refractivity contribution in [1.82, 2.24) is 0 Å². The third-order valence-electron chi connectivity index (χ3n) is 1.78. The Morgan fingerprint density at radius 2 is 1.06 bits per heavy atom. The van der Waals surface area contributed by atoms with Gasteiger partial charge < -0.3 is 0 Å². The third kappa shape index (κ3) is 13.1. The summed E-state index contributed by atoms with van der Waals surface area (Å²) in [6.45, 7) is 2.81. The lowest BCUT2D eigenvalue weighted by Gasteiger charge is -2.02. The first-order valence-corrected chi connectivity index (χ1v) is 12.0. The van der Waals surface area contributed by atoms with Crippen LogP contribution in [0.5, 0.6) is 0 Å². The molecular weight excluding hydrogens is 304 g/mol. The molecule has 0 aromatic rings. The number of rotatable bonds is 10. The summed E-state index contributed by atoms with van der Waals surface area (Å²) in [5, 5.41) is 0. The summed E-state index contributed by atoms with van der Waals surface area (Å²) in [6, 6.07) is 0. The van der Waals surface area contributed by atoms with E-state index in [2.05, 4.69) is 0 Å². The van der Waals surface area contributed by atoms with Crippen molar-refractivity contribution in [3.05, 3.63) is 0 Å². The smallest absolute Gasteiger partial charge is 0.197 e. The molecule has 17 heavy (non-hydrogen) atoms. The van der Waals surface area contributed by atoms with Crippen LogP contribution in [0.3, 0.4) is 0 Å². The Labute approximate surface area is 104 Å². The van der Waals surface area contributed by atoms with E-state index in [0.717, 1.165) is 6.42 Å². The minimum atomic E-state index is -2.17. The van der Waals surface area contributed by atoms with Gasteiger partial charge in [0.2, 0.25) is 0 Å². The van der Waals surface area contributed by atoms with E-state index in [1.807, 2.05) is 0 Å². The average Bonchev–Trinajstić information content (AvgIpc) is 2.14. The largest absolute Gasteiger partial charge is 0.296 e. The van der Waals surface area contributed by atoms with Gasteiger partial charge in [0.15, 0.2) is 32.1 Å². The molecule has 0 saturated heterocycles. The van der Waals surface area contributed by atoms with Crippen LogP contribution in [0.25, 0.3) is 0 Å². The van der Waals surface area contributed by atoms with Crippen LogP contribution >= 0.6 is 32.1 Å². The van der Waals surface area contributed by atoms with Crippen LogP contribution in [0.15, 0.2) is 0 Å². The molecule has 4 unspecified atom stereocenters. The molecule has 0 aromatic carbocycles. The summed E-state index contributed by atoms with van der Waals surface area (Å²) in [4.78, 5) is 0. The molecule has 104 valence electrons. The normalized spacial score (nSPS) is 18.5. The second kappa shape index (κ2) is 10.7. The van der Waals surface area contributed by atoms with Gasteiger partial charge in [0.1, 0.15) is 0 Å². The van der Waals surface area contributed by atoms with Crippen molar-refractivity contribution in [1.29, 1.82) is 0 Å². The van der Waals surface area contributed by atoms with Crippen LogP contribution < -0.4 is 0 Å². The van der Waals surface area contributed by atoms with Crippen LogP contribution in [0.1, 0.15) is 19.3 Å². The third-order valence-corrected chi connectivity index (χ3v) is 7.42. The standard InChI is InChI=1S/C7H20O6P4/c1-14(8)12-16(10)6-4-3-5-7-17(11)13-15(2)9/h14-17H,3-7H2,1-2H3. The van der Waals surface area contributed by atoms with Gasteiger partial charge in [-0.1, -0.05) is 6.42 Å². The van der Waals surface area contributed by atoms with Crippen molar-refractivity contribution in [3.63, 3.8) is 0 Å². The zero-order valence-corrected chi connectivity index (χ0v) is 14.0. The highest BCUT2D eigenvalue weighted by atomic mass is 31.2. The molecular formula is C7H20O6P4. The van der Waals surface area contributed by atoms with E-state index in [0.29, 0.717) is 25.2 Å². The molecule has 0 aliphatic carbocycles. The van der Waals surface area contributed by atoms with Gasteiger partial charge in [0.05, 0.1) is 0 Å². The molecule has 0 aliphatic heterocycles. The lowest BCUT2D eigenvalue weighted by Crippen LogP contribution is -1.84. The minimum absolute atomic E-state index is 0.404. The van der Waals surface area contributed by atoms with Gasteiger partial charge in [-0.05, 0) is 12.8 Å². The van der Waals surface area contributed by atoms with E-state index in [4.69, 9.17) is 8.62 Å². The van der Waals surface area contributed by atoms with Crippen LogP contribution in [0.2, 0.25) is 0 Å². The molecule has 0 aliphatic rings. The molecule has 0 rings (SSSR count). The first-order chi connectivity index (χ1) is 7.91. The molecule has 0 amide bonds. The molecule has 0 fully saturated rings. The molecule has 0 radical (unpaired) electrons. The zero-order valence-electron chi connectivity index (χ0n) is 9.99. The van der Waals surface area contributed by atoms with E-state index in [1.165, 1.54) is 13.3 Å². The molecule has 0 spiro atoms. The van der Waals surface area contributed by atoms with Gasteiger partial charge in [0.25, 0.3) is 0 Å². The molecule has 4 atom stereocenters. The summed E-state index contributed by atoms with van der Waals surface area (Å²) in [6.07, 6.45) is 2.93. The molecule has 6 nitrogen and oxygen atoms in total. The fraction of sp³-hybridized carbons (Fsp3) is 1.00. The van der Waals surface area contributed by atoms with Crippen molar-refractivity contribution >= 4 is 32.1 Å². The Hall–Kier alpha value is 0.840. The van der Waals surface area contributed by atoms with E-state index in [1.54, 1.807) is 0 Å². The molecule has 0 bridgehead atoms. The second-order valence-corrected chi connectivity index (χ2v) is 9.58. The predicted molar refractivity (Wildman–Crippen MR) is 73.6 cm³/mol. The summed E-state index contributed by atoms with van der Waals surface area (Å²) >= 11 is 0. The second-order valence-electron chi connectivity index (χ2n) is 3.49. The SMILES string of the molecule is C[PH](=O)O[PH](=O)CCCCC[PH](=O)O[PH](C)=O. The zero-order chi connectivity index (χ0) is 13.3. The van der Waals surface area contributed by atoms with E-state index >= 15 is 0 Å². The Morgan fingerprint density at radius 3 is 1.35 bits per heavy atom. The first-order valence-electron chi connectivity index (χ1n) is 5.34. The maximum Gasteiger partial charge on any atom is 0.197 e. The Balaban J connectivity index is 3.46. The van der Waals surface area contributed by atoms with Crippen molar-refractivity contribution in [2.45, 2.75) is 19.3 Å². The van der Waals surface area contributed by atoms with Crippen LogP contribution in [0.4, 0.5) is 0 Å².